The Labute approximate surface area is 107 Å². The molecule has 2 aromatic carbocycles. The van der Waals surface area contributed by atoms with E-state index < -0.39 is 0 Å². The molecular formula is C15H18O3. The van der Waals surface area contributed by atoms with Gasteiger partial charge in [-0.15, -0.1) is 0 Å². The van der Waals surface area contributed by atoms with Crippen molar-refractivity contribution in [2.45, 2.75) is 13.3 Å². The van der Waals surface area contributed by atoms with Crippen LogP contribution in [0.25, 0.3) is 0 Å². The maximum atomic E-state index is 8.85. The maximum absolute atomic E-state index is 8.85. The van der Waals surface area contributed by atoms with Crippen molar-refractivity contribution in [1.29, 1.82) is 0 Å². The molecule has 2 N–H and O–H groups in total. The largest absolute Gasteiger partial charge is 0.508 e. The number of phenolic OH excluding ortho intramolecular Hbond substituents is 2. The van der Waals surface area contributed by atoms with Crippen LogP contribution in [-0.4, -0.2) is 17.3 Å². The summed E-state index contributed by atoms with van der Waals surface area (Å²) in [5, 5.41) is 17.6. The van der Waals surface area contributed by atoms with Gasteiger partial charge in [-0.1, -0.05) is 19.1 Å². The van der Waals surface area contributed by atoms with E-state index in [1.54, 1.807) is 43.5 Å². The Hall–Kier alpha value is -2.16. The van der Waals surface area contributed by atoms with Crippen molar-refractivity contribution in [2.24, 2.45) is 0 Å². The van der Waals surface area contributed by atoms with Gasteiger partial charge in [0.15, 0.2) is 0 Å². The van der Waals surface area contributed by atoms with Crippen LogP contribution in [0.2, 0.25) is 0 Å². The van der Waals surface area contributed by atoms with Gasteiger partial charge in [-0.05, 0) is 48.4 Å². The van der Waals surface area contributed by atoms with E-state index in [4.69, 9.17) is 14.9 Å². The van der Waals surface area contributed by atoms with Crippen molar-refractivity contribution in [3.63, 3.8) is 0 Å². The predicted octanol–water partition coefficient (Wildman–Crippen LogP) is 3.36. The predicted molar refractivity (Wildman–Crippen MR) is 72.1 cm³/mol. The van der Waals surface area contributed by atoms with Gasteiger partial charge in [0, 0.05) is 0 Å². The zero-order chi connectivity index (χ0) is 13.4. The first kappa shape index (κ1) is 13.9. The molecule has 0 spiro atoms. The van der Waals surface area contributed by atoms with Crippen LogP contribution >= 0.6 is 0 Å². The molecule has 3 nitrogen and oxygen atoms in total. The van der Waals surface area contributed by atoms with Gasteiger partial charge in [0.2, 0.25) is 0 Å². The summed E-state index contributed by atoms with van der Waals surface area (Å²) < 4.78 is 4.86. The van der Waals surface area contributed by atoms with Crippen molar-refractivity contribution in [2.75, 3.05) is 7.11 Å². The Morgan fingerprint density at radius 1 is 0.833 bits per heavy atom. The number of hydrogen-bond donors (Lipinski definition) is 2. The fourth-order valence-electron chi connectivity index (χ4n) is 1.31. The minimum atomic E-state index is 0.260. The molecule has 0 bridgehead atoms. The molecule has 0 aliphatic heterocycles. The summed E-state index contributed by atoms with van der Waals surface area (Å²) in [5.41, 5.74) is 1.26. The fraction of sp³-hybridized carbons (Fsp3) is 0.200. The van der Waals surface area contributed by atoms with Crippen molar-refractivity contribution in [1.82, 2.24) is 0 Å². The van der Waals surface area contributed by atoms with Crippen LogP contribution in [0, 0.1) is 0 Å². The molecule has 0 atom stereocenters. The lowest BCUT2D eigenvalue weighted by Gasteiger charge is -1.96. The van der Waals surface area contributed by atoms with Gasteiger partial charge in [0.05, 0.1) is 7.11 Å². The van der Waals surface area contributed by atoms with Gasteiger partial charge in [-0.3, -0.25) is 0 Å². The van der Waals surface area contributed by atoms with E-state index in [0.29, 0.717) is 5.75 Å². The molecule has 0 saturated heterocycles. The minimum Gasteiger partial charge on any atom is -0.508 e. The monoisotopic (exact) mass is 246 g/mol. The van der Waals surface area contributed by atoms with Gasteiger partial charge < -0.3 is 14.9 Å². The molecular weight excluding hydrogens is 228 g/mol. The van der Waals surface area contributed by atoms with Crippen LogP contribution in [0.15, 0.2) is 48.5 Å². The summed E-state index contributed by atoms with van der Waals surface area (Å²) in [6.07, 6.45) is 1.03. The lowest BCUT2D eigenvalue weighted by Crippen LogP contribution is -1.79. The van der Waals surface area contributed by atoms with Crippen molar-refractivity contribution >= 4 is 0 Å². The van der Waals surface area contributed by atoms with Crippen LogP contribution in [-0.2, 0) is 6.42 Å². The zero-order valence-corrected chi connectivity index (χ0v) is 10.6. The zero-order valence-electron chi connectivity index (χ0n) is 10.6. The molecule has 0 amide bonds. The normalized spacial score (nSPS) is 9.22. The molecule has 3 heteroatoms. The molecule has 2 aromatic rings. The van der Waals surface area contributed by atoms with Crippen molar-refractivity contribution in [3.05, 3.63) is 54.1 Å². The lowest BCUT2D eigenvalue weighted by atomic mass is 10.2. The van der Waals surface area contributed by atoms with Gasteiger partial charge in [0.1, 0.15) is 17.2 Å². The second kappa shape index (κ2) is 7.22. The van der Waals surface area contributed by atoms with Crippen LogP contribution in [0.1, 0.15) is 12.5 Å². The quantitative estimate of drug-likeness (QED) is 0.854. The highest BCUT2D eigenvalue weighted by Crippen LogP contribution is 2.14. The average molecular weight is 246 g/mol. The third kappa shape index (κ3) is 4.78. The molecule has 0 fully saturated rings. The second-order valence-electron chi connectivity index (χ2n) is 3.72. The summed E-state index contributed by atoms with van der Waals surface area (Å²) in [4.78, 5) is 0. The number of methoxy groups -OCH3 is 1. The standard InChI is InChI=1S/C8H10O.C7H8O2/c1-2-7-3-5-8(9)6-4-7;1-9-7-4-2-6(8)3-5-7/h3-6,9H,2H2,1H3;2-5,8H,1H3. The first-order chi connectivity index (χ1) is 8.65. The van der Waals surface area contributed by atoms with Gasteiger partial charge >= 0.3 is 0 Å². The van der Waals surface area contributed by atoms with Gasteiger partial charge in [-0.25, -0.2) is 0 Å². The third-order valence-corrected chi connectivity index (χ3v) is 2.42. The fourth-order valence-corrected chi connectivity index (χ4v) is 1.31. The Kier molecular flexibility index (Phi) is 5.58. The Bertz CT molecular complexity index is 401. The summed E-state index contributed by atoms with van der Waals surface area (Å²) in [6.45, 7) is 2.09. The van der Waals surface area contributed by atoms with Crippen LogP contribution in [0.4, 0.5) is 0 Å². The topological polar surface area (TPSA) is 49.7 Å². The SMILES string of the molecule is CCc1ccc(O)cc1.COc1ccc(O)cc1. The van der Waals surface area contributed by atoms with E-state index in [9.17, 15) is 0 Å². The molecule has 0 saturated carbocycles. The van der Waals surface area contributed by atoms with Crippen molar-refractivity contribution < 1.29 is 14.9 Å². The lowest BCUT2D eigenvalue weighted by molar-refractivity contribution is 0.412. The maximum Gasteiger partial charge on any atom is 0.119 e. The van der Waals surface area contributed by atoms with Crippen LogP contribution in [0.3, 0.4) is 0 Å². The third-order valence-electron chi connectivity index (χ3n) is 2.42. The molecule has 2 rings (SSSR count). The number of aryl methyl sites for hydroxylation is 1. The summed E-state index contributed by atoms with van der Waals surface area (Å²) in [7, 11) is 1.59. The summed E-state index contributed by atoms with van der Waals surface area (Å²) in [6, 6.07) is 13.8. The van der Waals surface area contributed by atoms with E-state index in [-0.39, 0.29) is 5.75 Å². The number of ether oxygens (including phenoxy) is 1. The van der Waals surface area contributed by atoms with E-state index in [1.807, 2.05) is 12.1 Å². The summed E-state index contributed by atoms with van der Waals surface area (Å²) >= 11 is 0. The molecule has 0 heterocycles. The highest BCUT2D eigenvalue weighted by atomic mass is 16.5. The second-order valence-corrected chi connectivity index (χ2v) is 3.72. The number of hydrogen-bond acceptors (Lipinski definition) is 3. The number of aromatic hydroxyl groups is 2. The molecule has 0 unspecified atom stereocenters. The van der Waals surface area contributed by atoms with Crippen molar-refractivity contribution in [3.8, 4) is 17.2 Å². The van der Waals surface area contributed by atoms with Crippen LogP contribution < -0.4 is 4.74 Å². The van der Waals surface area contributed by atoms with E-state index in [0.717, 1.165) is 12.2 Å². The highest BCUT2D eigenvalue weighted by molar-refractivity contribution is 5.29. The van der Waals surface area contributed by atoms with Crippen LogP contribution in [0.5, 0.6) is 17.2 Å². The first-order valence-electron chi connectivity index (χ1n) is 5.76. The average Bonchev–Trinajstić information content (AvgIpc) is 2.41. The van der Waals surface area contributed by atoms with E-state index in [2.05, 4.69) is 6.92 Å². The number of phenols is 2. The Balaban J connectivity index is 0.000000180. The Morgan fingerprint density at radius 2 is 1.28 bits per heavy atom. The number of benzene rings is 2. The molecule has 0 radical (unpaired) electrons. The molecule has 18 heavy (non-hydrogen) atoms. The molecule has 0 aliphatic rings. The molecule has 0 aliphatic carbocycles. The van der Waals surface area contributed by atoms with Gasteiger partial charge in [0.25, 0.3) is 0 Å². The minimum absolute atomic E-state index is 0.260. The smallest absolute Gasteiger partial charge is 0.119 e. The summed E-state index contributed by atoms with van der Waals surface area (Å²) in [5.74, 6) is 1.36. The Morgan fingerprint density at radius 3 is 1.67 bits per heavy atom. The van der Waals surface area contributed by atoms with E-state index in [1.165, 1.54) is 5.56 Å². The van der Waals surface area contributed by atoms with Gasteiger partial charge in [-0.2, -0.15) is 0 Å². The van der Waals surface area contributed by atoms with E-state index >= 15 is 0 Å². The molecule has 96 valence electrons. The highest BCUT2D eigenvalue weighted by Gasteiger charge is 1.87. The first-order valence-corrected chi connectivity index (χ1v) is 5.76. The molecule has 0 aromatic heterocycles. The number of rotatable bonds is 2.